The number of carbonyl (C=O) groups excluding carboxylic acids is 1. The zero-order valence-electron chi connectivity index (χ0n) is 11.8. The predicted molar refractivity (Wildman–Crippen MR) is 79.3 cm³/mol. The van der Waals surface area contributed by atoms with Gasteiger partial charge in [0.05, 0.1) is 12.8 Å². The number of carbonyl (C=O) groups is 1. The van der Waals surface area contributed by atoms with Gasteiger partial charge in [-0.3, -0.25) is 4.79 Å². The Morgan fingerprint density at radius 3 is 2.60 bits per heavy atom. The molecule has 1 heterocycles. The first-order valence-electron chi connectivity index (χ1n) is 6.84. The highest BCUT2D eigenvalue weighted by molar-refractivity contribution is 5.90. The molecule has 1 aromatic heterocycles. The molecule has 0 unspecified atom stereocenters. The molecule has 0 radical (unpaired) electrons. The maximum atomic E-state index is 11.3. The van der Waals surface area contributed by atoms with Crippen LogP contribution in [0.25, 0.3) is 0 Å². The van der Waals surface area contributed by atoms with E-state index in [-0.39, 0.29) is 11.9 Å². The van der Waals surface area contributed by atoms with Crippen molar-refractivity contribution in [2.75, 3.05) is 5.32 Å². The van der Waals surface area contributed by atoms with Crippen molar-refractivity contribution >= 4 is 11.6 Å². The number of nitrogens with one attached hydrogen (secondary N) is 2. The van der Waals surface area contributed by atoms with Gasteiger partial charge in [-0.25, -0.2) is 0 Å². The Morgan fingerprint density at radius 1 is 1.25 bits per heavy atom. The van der Waals surface area contributed by atoms with Crippen molar-refractivity contribution in [3.05, 3.63) is 54.0 Å². The summed E-state index contributed by atoms with van der Waals surface area (Å²) in [7, 11) is 0. The highest BCUT2D eigenvalue weighted by Gasteiger charge is 2.06. The van der Waals surface area contributed by atoms with E-state index in [2.05, 4.69) is 17.6 Å². The van der Waals surface area contributed by atoms with Crippen LogP contribution in [0.3, 0.4) is 0 Å². The van der Waals surface area contributed by atoms with Gasteiger partial charge in [0.1, 0.15) is 5.76 Å². The topological polar surface area (TPSA) is 54.3 Å². The van der Waals surface area contributed by atoms with E-state index in [0.29, 0.717) is 13.0 Å². The first kappa shape index (κ1) is 14.3. The molecule has 4 heteroatoms. The van der Waals surface area contributed by atoms with Gasteiger partial charge in [-0.2, -0.15) is 0 Å². The van der Waals surface area contributed by atoms with Crippen LogP contribution in [0.4, 0.5) is 5.69 Å². The summed E-state index contributed by atoms with van der Waals surface area (Å²) in [6, 6.07) is 11.9. The molecule has 4 nitrogen and oxygen atoms in total. The number of rotatable bonds is 6. The molecule has 1 atom stereocenters. The fourth-order valence-corrected chi connectivity index (χ4v) is 1.89. The molecule has 2 N–H and O–H groups in total. The van der Waals surface area contributed by atoms with Crippen LogP contribution in [0.1, 0.15) is 37.6 Å². The Labute approximate surface area is 119 Å². The zero-order chi connectivity index (χ0) is 14.4. The predicted octanol–water partition coefficient (Wildman–Crippen LogP) is 3.48. The van der Waals surface area contributed by atoms with Gasteiger partial charge in [0.25, 0.3) is 0 Å². The third-order valence-electron chi connectivity index (χ3n) is 3.18. The van der Waals surface area contributed by atoms with Crippen LogP contribution < -0.4 is 10.6 Å². The van der Waals surface area contributed by atoms with Crippen molar-refractivity contribution in [3.8, 4) is 0 Å². The zero-order valence-corrected chi connectivity index (χ0v) is 11.8. The van der Waals surface area contributed by atoms with E-state index in [1.54, 1.807) is 6.26 Å². The third kappa shape index (κ3) is 3.96. The number of benzene rings is 1. The van der Waals surface area contributed by atoms with Gasteiger partial charge < -0.3 is 15.1 Å². The molecule has 2 rings (SSSR count). The highest BCUT2D eigenvalue weighted by Crippen LogP contribution is 2.17. The smallest absolute Gasteiger partial charge is 0.224 e. The largest absolute Gasteiger partial charge is 0.468 e. The Bertz CT molecular complexity index is 532. The van der Waals surface area contributed by atoms with E-state index in [9.17, 15) is 4.79 Å². The van der Waals surface area contributed by atoms with E-state index in [1.807, 2.05) is 43.3 Å². The van der Waals surface area contributed by atoms with E-state index in [0.717, 1.165) is 11.4 Å². The van der Waals surface area contributed by atoms with Gasteiger partial charge in [-0.1, -0.05) is 19.1 Å². The van der Waals surface area contributed by atoms with Crippen LogP contribution >= 0.6 is 0 Å². The molecule has 0 aliphatic heterocycles. The van der Waals surface area contributed by atoms with E-state index in [4.69, 9.17) is 4.42 Å². The van der Waals surface area contributed by atoms with Crippen LogP contribution in [0.5, 0.6) is 0 Å². The van der Waals surface area contributed by atoms with Crippen molar-refractivity contribution in [1.82, 2.24) is 5.32 Å². The average molecular weight is 272 g/mol. The quantitative estimate of drug-likeness (QED) is 0.846. The maximum Gasteiger partial charge on any atom is 0.224 e. The molecule has 0 saturated heterocycles. The molecule has 0 bridgehead atoms. The molecule has 0 saturated carbocycles. The summed E-state index contributed by atoms with van der Waals surface area (Å²) in [5, 5.41) is 6.23. The van der Waals surface area contributed by atoms with Gasteiger partial charge in [0, 0.05) is 18.2 Å². The lowest BCUT2D eigenvalue weighted by molar-refractivity contribution is -0.115. The molecule has 20 heavy (non-hydrogen) atoms. The number of hydrogen-bond acceptors (Lipinski definition) is 3. The minimum Gasteiger partial charge on any atom is -0.468 e. The molecular formula is C16H20N2O2. The summed E-state index contributed by atoms with van der Waals surface area (Å²) in [5.41, 5.74) is 2.00. The van der Waals surface area contributed by atoms with E-state index >= 15 is 0 Å². The monoisotopic (exact) mass is 272 g/mol. The Balaban J connectivity index is 1.90. The average Bonchev–Trinajstić information content (AvgIpc) is 2.98. The van der Waals surface area contributed by atoms with Crippen LogP contribution in [0.2, 0.25) is 0 Å². The Morgan fingerprint density at radius 2 is 2.00 bits per heavy atom. The molecule has 1 aromatic carbocycles. The van der Waals surface area contributed by atoms with Gasteiger partial charge in [0.15, 0.2) is 0 Å². The van der Waals surface area contributed by atoms with Crippen LogP contribution in [0.15, 0.2) is 47.1 Å². The molecule has 2 aromatic rings. The van der Waals surface area contributed by atoms with Crippen LogP contribution in [-0.2, 0) is 11.3 Å². The third-order valence-corrected chi connectivity index (χ3v) is 3.18. The molecule has 0 aliphatic carbocycles. The van der Waals surface area contributed by atoms with Gasteiger partial charge >= 0.3 is 0 Å². The second-order valence-electron chi connectivity index (χ2n) is 4.71. The molecule has 106 valence electrons. The first-order chi connectivity index (χ1) is 9.69. The van der Waals surface area contributed by atoms with Crippen molar-refractivity contribution in [2.45, 2.75) is 32.9 Å². The lowest BCUT2D eigenvalue weighted by atomic mass is 10.1. The standard InChI is InChI=1S/C16H20N2O2/c1-3-16(19)18-14-8-6-13(7-9-14)12(2)17-11-15-5-4-10-20-15/h4-10,12,17H,3,11H2,1-2H3,(H,18,19)/t12-/m1/s1. The van der Waals surface area contributed by atoms with Gasteiger partial charge in [-0.05, 0) is 36.8 Å². The lowest BCUT2D eigenvalue weighted by Gasteiger charge is -2.14. The summed E-state index contributed by atoms with van der Waals surface area (Å²) in [5.74, 6) is 0.949. The van der Waals surface area contributed by atoms with E-state index in [1.165, 1.54) is 5.56 Å². The number of furan rings is 1. The summed E-state index contributed by atoms with van der Waals surface area (Å²) in [6.07, 6.45) is 2.16. The fraction of sp³-hybridized carbons (Fsp3) is 0.312. The van der Waals surface area contributed by atoms with Crippen molar-refractivity contribution < 1.29 is 9.21 Å². The molecule has 0 aliphatic rings. The van der Waals surface area contributed by atoms with Gasteiger partial charge in [-0.15, -0.1) is 0 Å². The second-order valence-corrected chi connectivity index (χ2v) is 4.71. The highest BCUT2D eigenvalue weighted by atomic mass is 16.3. The molecule has 0 spiro atoms. The number of amides is 1. The number of anilines is 1. The molecule has 1 amide bonds. The second kappa shape index (κ2) is 6.91. The maximum absolute atomic E-state index is 11.3. The van der Waals surface area contributed by atoms with Crippen LogP contribution in [-0.4, -0.2) is 5.91 Å². The van der Waals surface area contributed by atoms with Crippen LogP contribution in [0, 0.1) is 0 Å². The summed E-state index contributed by atoms with van der Waals surface area (Å²) in [4.78, 5) is 11.3. The van der Waals surface area contributed by atoms with Crippen molar-refractivity contribution in [3.63, 3.8) is 0 Å². The number of hydrogen-bond donors (Lipinski definition) is 2. The normalized spacial score (nSPS) is 12.1. The molecule has 0 fully saturated rings. The molecular weight excluding hydrogens is 252 g/mol. The SMILES string of the molecule is CCC(=O)Nc1ccc([C@@H](C)NCc2ccco2)cc1. The summed E-state index contributed by atoms with van der Waals surface area (Å²) in [6.45, 7) is 4.63. The minimum absolute atomic E-state index is 0.0294. The minimum atomic E-state index is 0.0294. The van der Waals surface area contributed by atoms with Crippen molar-refractivity contribution in [1.29, 1.82) is 0 Å². The Hall–Kier alpha value is -2.07. The summed E-state index contributed by atoms with van der Waals surface area (Å²) < 4.78 is 5.28. The van der Waals surface area contributed by atoms with Gasteiger partial charge in [0.2, 0.25) is 5.91 Å². The lowest BCUT2D eigenvalue weighted by Crippen LogP contribution is -2.17. The Kier molecular flexibility index (Phi) is 4.96. The fourth-order valence-electron chi connectivity index (χ4n) is 1.89. The summed E-state index contributed by atoms with van der Waals surface area (Å²) >= 11 is 0. The van der Waals surface area contributed by atoms with Crippen molar-refractivity contribution in [2.24, 2.45) is 0 Å². The first-order valence-corrected chi connectivity index (χ1v) is 6.84. The van der Waals surface area contributed by atoms with E-state index < -0.39 is 0 Å².